The van der Waals surface area contributed by atoms with E-state index in [1.54, 1.807) is 0 Å². The predicted molar refractivity (Wildman–Crippen MR) is 106 cm³/mol. The summed E-state index contributed by atoms with van der Waals surface area (Å²) >= 11 is 0. The Balaban J connectivity index is 1.46. The first-order valence-corrected chi connectivity index (χ1v) is 8.87. The second-order valence-electron chi connectivity index (χ2n) is 6.72. The van der Waals surface area contributed by atoms with Crippen LogP contribution in [0.15, 0.2) is 42.7 Å². The van der Waals surface area contributed by atoms with Crippen molar-refractivity contribution in [3.05, 3.63) is 65.0 Å². The molecule has 0 saturated heterocycles. The Morgan fingerprint density at radius 2 is 1.64 bits per heavy atom. The van der Waals surface area contributed by atoms with Crippen molar-refractivity contribution in [2.75, 3.05) is 17.4 Å². The Labute approximate surface area is 162 Å². The molecule has 7 heteroatoms. The molecule has 4 rings (SSSR count). The van der Waals surface area contributed by atoms with E-state index < -0.39 is 0 Å². The van der Waals surface area contributed by atoms with E-state index in [1.807, 2.05) is 51.1 Å². The lowest BCUT2D eigenvalue weighted by Crippen LogP contribution is -2.15. The second kappa shape index (κ2) is 7.19. The van der Waals surface area contributed by atoms with Crippen molar-refractivity contribution in [3.63, 3.8) is 0 Å². The van der Waals surface area contributed by atoms with E-state index in [-0.39, 0.29) is 12.7 Å². The highest BCUT2D eigenvalue weighted by Crippen LogP contribution is 2.34. The number of ether oxygens (including phenoxy) is 2. The third kappa shape index (κ3) is 3.59. The Bertz CT molecular complexity index is 1030. The lowest BCUT2D eigenvalue weighted by molar-refractivity contribution is 0.102. The van der Waals surface area contributed by atoms with E-state index in [1.165, 1.54) is 12.4 Å². The average Bonchev–Trinajstić information content (AvgIpc) is 3.13. The van der Waals surface area contributed by atoms with Crippen molar-refractivity contribution in [1.82, 2.24) is 9.97 Å². The largest absolute Gasteiger partial charge is 0.454 e. The average molecular weight is 376 g/mol. The molecule has 2 N–H and O–H groups in total. The summed E-state index contributed by atoms with van der Waals surface area (Å²) in [6.07, 6.45) is 2.99. The Kier molecular flexibility index (Phi) is 4.57. The van der Waals surface area contributed by atoms with Crippen molar-refractivity contribution in [2.45, 2.75) is 20.8 Å². The van der Waals surface area contributed by atoms with Crippen LogP contribution in [0.5, 0.6) is 11.5 Å². The summed E-state index contributed by atoms with van der Waals surface area (Å²) in [6, 6.07) is 9.56. The summed E-state index contributed by atoms with van der Waals surface area (Å²) in [6.45, 7) is 6.21. The van der Waals surface area contributed by atoms with Crippen LogP contribution < -0.4 is 20.1 Å². The Morgan fingerprint density at radius 1 is 0.964 bits per heavy atom. The normalized spacial score (nSPS) is 12.0. The number of hydrogen-bond acceptors (Lipinski definition) is 6. The first-order valence-electron chi connectivity index (χ1n) is 8.87. The van der Waals surface area contributed by atoms with Gasteiger partial charge in [-0.15, -0.1) is 0 Å². The van der Waals surface area contributed by atoms with Gasteiger partial charge in [-0.2, -0.15) is 0 Å². The van der Waals surface area contributed by atoms with Crippen molar-refractivity contribution < 1.29 is 14.3 Å². The second-order valence-corrected chi connectivity index (χ2v) is 6.72. The van der Waals surface area contributed by atoms with Gasteiger partial charge in [0.1, 0.15) is 0 Å². The van der Waals surface area contributed by atoms with Gasteiger partial charge in [0.15, 0.2) is 11.5 Å². The highest BCUT2D eigenvalue weighted by molar-refractivity contribution is 6.04. The van der Waals surface area contributed by atoms with Gasteiger partial charge in [-0.05, 0) is 44.0 Å². The molecule has 28 heavy (non-hydrogen) atoms. The molecule has 2 heterocycles. The quantitative estimate of drug-likeness (QED) is 0.712. The molecule has 2 aromatic carbocycles. The van der Waals surface area contributed by atoms with Gasteiger partial charge in [-0.3, -0.25) is 4.79 Å². The minimum Gasteiger partial charge on any atom is -0.454 e. The van der Waals surface area contributed by atoms with Crippen LogP contribution in [-0.4, -0.2) is 22.7 Å². The molecule has 1 amide bonds. The molecule has 0 bridgehead atoms. The molecule has 7 nitrogen and oxygen atoms in total. The van der Waals surface area contributed by atoms with Crippen LogP contribution >= 0.6 is 0 Å². The van der Waals surface area contributed by atoms with Gasteiger partial charge in [0, 0.05) is 29.8 Å². The van der Waals surface area contributed by atoms with Crippen molar-refractivity contribution in [1.29, 1.82) is 0 Å². The van der Waals surface area contributed by atoms with Gasteiger partial charge in [0.2, 0.25) is 12.7 Å². The van der Waals surface area contributed by atoms with Gasteiger partial charge in [-0.25, -0.2) is 9.97 Å². The van der Waals surface area contributed by atoms with Gasteiger partial charge in [0.25, 0.3) is 5.91 Å². The fraction of sp³-hybridized carbons (Fsp3) is 0.190. The topological polar surface area (TPSA) is 85.4 Å². The van der Waals surface area contributed by atoms with E-state index in [0.29, 0.717) is 23.0 Å². The molecule has 1 aliphatic heterocycles. The number of benzene rings is 2. The Hall–Kier alpha value is -3.61. The summed E-state index contributed by atoms with van der Waals surface area (Å²) in [5.74, 6) is 1.52. The van der Waals surface area contributed by atoms with Crippen LogP contribution in [0, 0.1) is 20.8 Å². The van der Waals surface area contributed by atoms with Crippen LogP contribution in [0.4, 0.5) is 17.3 Å². The molecule has 0 spiro atoms. The van der Waals surface area contributed by atoms with Gasteiger partial charge in [-0.1, -0.05) is 17.7 Å². The molecule has 142 valence electrons. The number of rotatable bonds is 4. The lowest BCUT2D eigenvalue weighted by Gasteiger charge is -2.13. The first kappa shape index (κ1) is 17.8. The molecule has 0 fully saturated rings. The fourth-order valence-corrected chi connectivity index (χ4v) is 3.18. The van der Waals surface area contributed by atoms with Crippen LogP contribution in [-0.2, 0) is 0 Å². The summed E-state index contributed by atoms with van der Waals surface area (Å²) in [7, 11) is 0. The number of aryl methyl sites for hydroxylation is 3. The van der Waals surface area contributed by atoms with Gasteiger partial charge < -0.3 is 20.1 Å². The smallest absolute Gasteiger partial charge is 0.258 e. The fourth-order valence-electron chi connectivity index (χ4n) is 3.18. The maximum Gasteiger partial charge on any atom is 0.258 e. The van der Waals surface area contributed by atoms with Crippen LogP contribution in [0.1, 0.15) is 27.0 Å². The maximum atomic E-state index is 12.6. The maximum absolute atomic E-state index is 12.6. The minimum absolute atomic E-state index is 0.221. The molecule has 0 unspecified atom stereocenters. The zero-order valence-corrected chi connectivity index (χ0v) is 15.9. The third-order valence-corrected chi connectivity index (χ3v) is 4.46. The SMILES string of the molecule is Cc1cc(C)c(NC(=O)c2cnc(Nc3ccc4c(c3)OCO4)nc2)c(C)c1. The summed E-state index contributed by atoms with van der Waals surface area (Å²) < 4.78 is 10.6. The standard InChI is InChI=1S/C21H20N4O3/c1-12-6-13(2)19(14(3)7-12)25-20(26)15-9-22-21(23-10-15)24-16-4-5-17-18(8-16)28-11-27-17/h4-10H,11H2,1-3H3,(H,25,26)(H,22,23,24). The van der Waals surface area contributed by atoms with E-state index in [2.05, 4.69) is 20.6 Å². The number of nitrogens with one attached hydrogen (secondary N) is 2. The summed E-state index contributed by atoms with van der Waals surface area (Å²) in [4.78, 5) is 21.0. The van der Waals surface area contributed by atoms with E-state index >= 15 is 0 Å². The van der Waals surface area contributed by atoms with Crippen LogP contribution in [0.25, 0.3) is 0 Å². The predicted octanol–water partition coefficient (Wildman–Crippen LogP) is 4.13. The van der Waals surface area contributed by atoms with Crippen molar-refractivity contribution in [2.24, 2.45) is 0 Å². The molecular formula is C21H20N4O3. The van der Waals surface area contributed by atoms with E-state index in [0.717, 1.165) is 28.1 Å². The summed E-state index contributed by atoms with van der Waals surface area (Å²) in [5.41, 5.74) is 5.18. The Morgan fingerprint density at radius 3 is 2.36 bits per heavy atom. The molecular weight excluding hydrogens is 356 g/mol. The highest BCUT2D eigenvalue weighted by Gasteiger charge is 2.14. The molecule has 0 aliphatic carbocycles. The van der Waals surface area contributed by atoms with Gasteiger partial charge >= 0.3 is 0 Å². The van der Waals surface area contributed by atoms with Crippen molar-refractivity contribution in [3.8, 4) is 11.5 Å². The third-order valence-electron chi connectivity index (χ3n) is 4.46. The molecule has 3 aromatic rings. The first-order chi connectivity index (χ1) is 13.5. The molecule has 1 aliphatic rings. The number of carbonyl (C=O) groups is 1. The zero-order chi connectivity index (χ0) is 19.7. The number of hydrogen-bond donors (Lipinski definition) is 2. The molecule has 0 radical (unpaired) electrons. The van der Waals surface area contributed by atoms with Crippen LogP contribution in [0.2, 0.25) is 0 Å². The minimum atomic E-state index is -0.246. The molecule has 1 aromatic heterocycles. The lowest BCUT2D eigenvalue weighted by atomic mass is 10.0. The van der Waals surface area contributed by atoms with E-state index in [9.17, 15) is 4.79 Å². The number of amides is 1. The highest BCUT2D eigenvalue weighted by atomic mass is 16.7. The number of nitrogens with zero attached hydrogens (tertiary/aromatic N) is 2. The van der Waals surface area contributed by atoms with E-state index in [4.69, 9.17) is 9.47 Å². The molecule has 0 atom stereocenters. The molecule has 0 saturated carbocycles. The number of anilines is 3. The monoisotopic (exact) mass is 376 g/mol. The summed E-state index contributed by atoms with van der Waals surface area (Å²) in [5, 5.41) is 6.03. The number of fused-ring (bicyclic) bond motifs is 1. The van der Waals surface area contributed by atoms with Gasteiger partial charge in [0.05, 0.1) is 5.56 Å². The zero-order valence-electron chi connectivity index (χ0n) is 15.9. The van der Waals surface area contributed by atoms with Crippen LogP contribution in [0.3, 0.4) is 0 Å². The number of aromatic nitrogens is 2. The number of carbonyl (C=O) groups excluding carboxylic acids is 1. The van der Waals surface area contributed by atoms with Crippen molar-refractivity contribution >= 4 is 23.2 Å².